The number of hydrazine groups is 1. The van der Waals surface area contributed by atoms with E-state index in [9.17, 15) is 9.59 Å². The summed E-state index contributed by atoms with van der Waals surface area (Å²) in [5.74, 6) is 0. The zero-order valence-electron chi connectivity index (χ0n) is 11.7. The molecule has 0 aromatic carbocycles. The van der Waals surface area contributed by atoms with Crippen molar-refractivity contribution in [1.82, 2.24) is 15.3 Å². The quantitative estimate of drug-likeness (QED) is 0.787. The minimum atomic E-state index is -0.646. The molecular formula is C12H23N3O4. The van der Waals surface area contributed by atoms with Crippen LogP contribution in [0.1, 0.15) is 33.1 Å². The number of nitrogens with one attached hydrogen (secondary N) is 1. The average Bonchev–Trinajstić information content (AvgIpc) is 2.40. The van der Waals surface area contributed by atoms with Crippen LogP contribution >= 0.6 is 0 Å². The summed E-state index contributed by atoms with van der Waals surface area (Å²) in [6, 6.07) is 0. The highest BCUT2D eigenvalue weighted by Crippen LogP contribution is 2.09. The molecule has 7 heteroatoms. The lowest BCUT2D eigenvalue weighted by Crippen LogP contribution is -2.52. The molecule has 7 nitrogen and oxygen atoms in total. The van der Waals surface area contributed by atoms with Crippen molar-refractivity contribution in [2.24, 2.45) is 0 Å². The maximum atomic E-state index is 11.8. The molecule has 1 saturated heterocycles. The Morgan fingerprint density at radius 3 is 2.32 bits per heavy atom. The van der Waals surface area contributed by atoms with Gasteiger partial charge in [0, 0.05) is 0 Å². The van der Waals surface area contributed by atoms with Gasteiger partial charge in [-0.3, -0.25) is 4.90 Å². The van der Waals surface area contributed by atoms with Gasteiger partial charge in [0.15, 0.2) is 0 Å². The third kappa shape index (κ3) is 5.78. The lowest BCUT2D eigenvalue weighted by Gasteiger charge is -2.31. The van der Waals surface area contributed by atoms with Gasteiger partial charge in [-0.2, -0.15) is 0 Å². The zero-order valence-corrected chi connectivity index (χ0v) is 11.7. The van der Waals surface area contributed by atoms with Gasteiger partial charge in [-0.1, -0.05) is 6.42 Å². The highest BCUT2D eigenvalue weighted by Gasteiger charge is 2.22. The van der Waals surface area contributed by atoms with Crippen LogP contribution in [-0.4, -0.2) is 55.1 Å². The second kappa shape index (κ2) is 8.58. The maximum absolute atomic E-state index is 11.8. The van der Waals surface area contributed by atoms with Gasteiger partial charge in [0.25, 0.3) is 0 Å². The number of carbonyl (C=O) groups excluding carboxylic acids is 2. The van der Waals surface area contributed by atoms with Gasteiger partial charge in [0.2, 0.25) is 0 Å². The molecule has 1 rings (SSSR count). The minimum Gasteiger partial charge on any atom is -0.449 e. The molecule has 1 fully saturated rings. The zero-order chi connectivity index (χ0) is 14.1. The Labute approximate surface area is 113 Å². The van der Waals surface area contributed by atoms with Crippen LogP contribution in [-0.2, 0) is 9.47 Å². The molecule has 110 valence electrons. The lowest BCUT2D eigenvalue weighted by molar-refractivity contribution is 0.0406. The summed E-state index contributed by atoms with van der Waals surface area (Å²) in [6.07, 6.45) is 2.21. The number of likely N-dealkylation sites (tertiary alicyclic amines) is 1. The second-order valence-corrected chi connectivity index (χ2v) is 4.28. The van der Waals surface area contributed by atoms with Crippen molar-refractivity contribution < 1.29 is 19.1 Å². The van der Waals surface area contributed by atoms with E-state index in [-0.39, 0.29) is 13.2 Å². The molecule has 0 aromatic heterocycles. The first-order valence-corrected chi connectivity index (χ1v) is 6.77. The van der Waals surface area contributed by atoms with Crippen LogP contribution in [0.15, 0.2) is 0 Å². The summed E-state index contributed by atoms with van der Waals surface area (Å²) < 4.78 is 9.69. The van der Waals surface area contributed by atoms with E-state index in [0.717, 1.165) is 30.9 Å². The molecule has 2 amide bonds. The SMILES string of the molecule is CCOC(=O)NN(CN1CCCCC1)C(=O)OCC. The van der Waals surface area contributed by atoms with E-state index >= 15 is 0 Å². The summed E-state index contributed by atoms with van der Waals surface area (Å²) in [5, 5.41) is 1.16. The predicted molar refractivity (Wildman–Crippen MR) is 69.3 cm³/mol. The molecule has 0 unspecified atom stereocenters. The fourth-order valence-corrected chi connectivity index (χ4v) is 1.91. The van der Waals surface area contributed by atoms with Gasteiger partial charge in [-0.25, -0.2) is 20.0 Å². The Bertz CT molecular complexity index is 293. The van der Waals surface area contributed by atoms with Crippen LogP contribution in [0.5, 0.6) is 0 Å². The summed E-state index contributed by atoms with van der Waals surface area (Å²) in [7, 11) is 0. The number of piperidine rings is 1. The van der Waals surface area contributed by atoms with Gasteiger partial charge >= 0.3 is 12.2 Å². The predicted octanol–water partition coefficient (Wildman–Crippen LogP) is 1.55. The van der Waals surface area contributed by atoms with Crippen molar-refractivity contribution in [3.63, 3.8) is 0 Å². The van der Waals surface area contributed by atoms with Crippen LogP contribution in [0.3, 0.4) is 0 Å². The van der Waals surface area contributed by atoms with Crippen LogP contribution in [0.25, 0.3) is 0 Å². The Balaban J connectivity index is 2.52. The van der Waals surface area contributed by atoms with Gasteiger partial charge in [-0.05, 0) is 39.8 Å². The molecule has 0 radical (unpaired) electrons. The number of carbonyl (C=O) groups is 2. The van der Waals surface area contributed by atoms with Crippen molar-refractivity contribution >= 4 is 12.2 Å². The van der Waals surface area contributed by atoms with Crippen molar-refractivity contribution in [1.29, 1.82) is 0 Å². The fraction of sp³-hybridized carbons (Fsp3) is 0.833. The fourth-order valence-electron chi connectivity index (χ4n) is 1.91. The van der Waals surface area contributed by atoms with E-state index in [1.54, 1.807) is 13.8 Å². The second-order valence-electron chi connectivity index (χ2n) is 4.28. The number of amides is 2. The Morgan fingerprint density at radius 1 is 1.11 bits per heavy atom. The normalized spacial score (nSPS) is 15.7. The first-order valence-electron chi connectivity index (χ1n) is 6.77. The summed E-state index contributed by atoms with van der Waals surface area (Å²) in [5.41, 5.74) is 2.41. The van der Waals surface area contributed by atoms with Gasteiger partial charge < -0.3 is 9.47 Å². The Morgan fingerprint density at radius 2 is 1.74 bits per heavy atom. The van der Waals surface area contributed by atoms with Crippen LogP contribution < -0.4 is 5.43 Å². The molecule has 1 heterocycles. The highest BCUT2D eigenvalue weighted by molar-refractivity contribution is 5.73. The van der Waals surface area contributed by atoms with Crippen molar-refractivity contribution in [3.05, 3.63) is 0 Å². The van der Waals surface area contributed by atoms with Crippen LogP contribution in [0, 0.1) is 0 Å². The number of nitrogens with zero attached hydrogens (tertiary/aromatic N) is 2. The number of hydrogen-bond acceptors (Lipinski definition) is 5. The Kier molecular flexibility index (Phi) is 7.02. The molecule has 0 aromatic rings. The maximum Gasteiger partial charge on any atom is 0.430 e. The number of ether oxygens (including phenoxy) is 2. The molecular weight excluding hydrogens is 250 g/mol. The van der Waals surface area contributed by atoms with E-state index in [1.807, 2.05) is 0 Å². The molecule has 0 aliphatic carbocycles. The molecule has 19 heavy (non-hydrogen) atoms. The highest BCUT2D eigenvalue weighted by atomic mass is 16.6. The smallest absolute Gasteiger partial charge is 0.430 e. The molecule has 0 bridgehead atoms. The van der Waals surface area contributed by atoms with Crippen molar-refractivity contribution in [2.75, 3.05) is 33.0 Å². The average molecular weight is 273 g/mol. The largest absolute Gasteiger partial charge is 0.449 e. The molecule has 0 saturated carbocycles. The van der Waals surface area contributed by atoms with Crippen molar-refractivity contribution in [3.8, 4) is 0 Å². The van der Waals surface area contributed by atoms with E-state index in [0.29, 0.717) is 6.67 Å². The monoisotopic (exact) mass is 273 g/mol. The van der Waals surface area contributed by atoms with Crippen LogP contribution in [0.2, 0.25) is 0 Å². The van der Waals surface area contributed by atoms with Crippen LogP contribution in [0.4, 0.5) is 9.59 Å². The minimum absolute atomic E-state index is 0.256. The first-order chi connectivity index (χ1) is 9.17. The lowest BCUT2D eigenvalue weighted by atomic mass is 10.1. The summed E-state index contributed by atoms with van der Waals surface area (Å²) in [6.45, 7) is 6.10. The summed E-state index contributed by atoms with van der Waals surface area (Å²) >= 11 is 0. The van der Waals surface area contributed by atoms with Gasteiger partial charge in [0.1, 0.15) is 0 Å². The summed E-state index contributed by atoms with van der Waals surface area (Å²) in [4.78, 5) is 25.3. The topological polar surface area (TPSA) is 71.1 Å². The van der Waals surface area contributed by atoms with E-state index in [2.05, 4.69) is 10.3 Å². The molecule has 1 aliphatic rings. The first kappa shape index (κ1) is 15.6. The third-order valence-corrected chi connectivity index (χ3v) is 2.78. The Hall–Kier alpha value is -1.50. The number of hydrogen-bond donors (Lipinski definition) is 1. The van der Waals surface area contributed by atoms with E-state index < -0.39 is 12.2 Å². The van der Waals surface area contributed by atoms with Gasteiger partial charge in [-0.15, -0.1) is 0 Å². The van der Waals surface area contributed by atoms with Crippen molar-refractivity contribution in [2.45, 2.75) is 33.1 Å². The van der Waals surface area contributed by atoms with Gasteiger partial charge in [0.05, 0.1) is 19.9 Å². The molecule has 1 N–H and O–H groups in total. The van der Waals surface area contributed by atoms with E-state index in [1.165, 1.54) is 6.42 Å². The molecule has 0 spiro atoms. The molecule has 1 aliphatic heterocycles. The standard InChI is InChI=1S/C12H23N3O4/c1-3-18-11(16)13-15(12(17)19-4-2)10-14-8-6-5-7-9-14/h3-10H2,1-2H3,(H,13,16). The molecule has 0 atom stereocenters. The third-order valence-electron chi connectivity index (χ3n) is 2.78. The number of rotatable bonds is 4. The van der Waals surface area contributed by atoms with E-state index in [4.69, 9.17) is 9.47 Å².